The van der Waals surface area contributed by atoms with Gasteiger partial charge in [-0.25, -0.2) is 0 Å². The summed E-state index contributed by atoms with van der Waals surface area (Å²) in [6, 6.07) is 0.332. The van der Waals surface area contributed by atoms with Crippen molar-refractivity contribution < 1.29 is 4.74 Å². The van der Waals surface area contributed by atoms with Gasteiger partial charge in [0, 0.05) is 12.1 Å². The molecule has 0 aromatic heterocycles. The van der Waals surface area contributed by atoms with Crippen molar-refractivity contribution >= 4 is 0 Å². The van der Waals surface area contributed by atoms with E-state index in [1.165, 1.54) is 0 Å². The van der Waals surface area contributed by atoms with Gasteiger partial charge in [-0.15, -0.1) is 0 Å². The van der Waals surface area contributed by atoms with Gasteiger partial charge in [-0.2, -0.15) is 0 Å². The van der Waals surface area contributed by atoms with Crippen LogP contribution in [0, 0.1) is 0 Å². The van der Waals surface area contributed by atoms with Gasteiger partial charge >= 0.3 is 0 Å². The summed E-state index contributed by atoms with van der Waals surface area (Å²) < 4.78 is 5.29. The molecule has 0 aromatic rings. The summed E-state index contributed by atoms with van der Waals surface area (Å²) >= 11 is 0. The molecule has 3 heteroatoms. The van der Waals surface area contributed by atoms with Crippen LogP contribution < -0.4 is 11.5 Å². The van der Waals surface area contributed by atoms with Gasteiger partial charge in [0.25, 0.3) is 0 Å². The van der Waals surface area contributed by atoms with E-state index in [0.29, 0.717) is 13.2 Å². The highest BCUT2D eigenvalue weighted by atomic mass is 16.5. The fraction of sp³-hybridized carbons (Fsp3) is 1.00. The molecule has 2 atom stereocenters. The minimum Gasteiger partial charge on any atom is -0.378 e. The summed E-state index contributed by atoms with van der Waals surface area (Å²) in [5, 5.41) is 0. The second-order valence-electron chi connectivity index (χ2n) is 2.87. The molecule has 0 radical (unpaired) electrons. The molecule has 0 heterocycles. The van der Waals surface area contributed by atoms with Gasteiger partial charge in [-0.3, -0.25) is 0 Å². The molecule has 68 valence electrons. The molecule has 0 saturated heterocycles. The maximum absolute atomic E-state index is 5.63. The van der Waals surface area contributed by atoms with Crippen molar-refractivity contribution in [2.75, 3.05) is 13.2 Å². The van der Waals surface area contributed by atoms with Crippen molar-refractivity contribution in [3.8, 4) is 0 Å². The Morgan fingerprint density at radius 1 is 1.00 bits per heavy atom. The van der Waals surface area contributed by atoms with Crippen LogP contribution in [0.1, 0.15) is 26.7 Å². The van der Waals surface area contributed by atoms with Gasteiger partial charge in [0.15, 0.2) is 0 Å². The topological polar surface area (TPSA) is 61.3 Å². The van der Waals surface area contributed by atoms with Crippen LogP contribution >= 0.6 is 0 Å². The largest absolute Gasteiger partial charge is 0.378 e. The van der Waals surface area contributed by atoms with Crippen LogP contribution in [0.2, 0.25) is 0 Å². The molecule has 0 rings (SSSR count). The Hall–Kier alpha value is -0.120. The molecule has 0 spiro atoms. The van der Waals surface area contributed by atoms with Gasteiger partial charge in [-0.1, -0.05) is 13.8 Å². The zero-order valence-corrected chi connectivity index (χ0v) is 7.55. The molecule has 4 N–H and O–H groups in total. The number of rotatable bonds is 6. The summed E-state index contributed by atoms with van der Waals surface area (Å²) in [5.74, 6) is 0. The molecule has 0 saturated carbocycles. The SMILES string of the molecule is CCC(N)COCC(N)CC. The van der Waals surface area contributed by atoms with E-state index in [1.807, 2.05) is 13.8 Å². The van der Waals surface area contributed by atoms with E-state index >= 15 is 0 Å². The molecule has 0 aliphatic rings. The molecule has 0 aromatic carbocycles. The summed E-state index contributed by atoms with van der Waals surface area (Å²) in [5.41, 5.74) is 11.3. The number of hydrogen-bond donors (Lipinski definition) is 2. The van der Waals surface area contributed by atoms with E-state index in [2.05, 4.69) is 0 Å². The Morgan fingerprint density at radius 3 is 1.64 bits per heavy atom. The van der Waals surface area contributed by atoms with E-state index in [4.69, 9.17) is 16.2 Å². The van der Waals surface area contributed by atoms with Crippen LogP contribution in [0.4, 0.5) is 0 Å². The molecule has 11 heavy (non-hydrogen) atoms. The van der Waals surface area contributed by atoms with Gasteiger partial charge < -0.3 is 16.2 Å². The van der Waals surface area contributed by atoms with Crippen LogP contribution in [-0.2, 0) is 4.74 Å². The van der Waals surface area contributed by atoms with E-state index in [1.54, 1.807) is 0 Å². The van der Waals surface area contributed by atoms with E-state index in [-0.39, 0.29) is 12.1 Å². The highest BCUT2D eigenvalue weighted by Crippen LogP contribution is 1.91. The third kappa shape index (κ3) is 6.28. The number of ether oxygens (including phenoxy) is 1. The average Bonchev–Trinajstić information content (AvgIpc) is 2.04. The first kappa shape index (κ1) is 10.9. The van der Waals surface area contributed by atoms with Crippen LogP contribution in [0.15, 0.2) is 0 Å². The molecule has 0 aliphatic carbocycles. The minimum atomic E-state index is 0.166. The van der Waals surface area contributed by atoms with E-state index < -0.39 is 0 Å². The zero-order chi connectivity index (χ0) is 8.69. The Kier molecular flexibility index (Phi) is 6.51. The Labute approximate surface area is 69.1 Å². The maximum atomic E-state index is 5.63. The molecule has 2 unspecified atom stereocenters. The number of nitrogens with two attached hydrogens (primary N) is 2. The van der Waals surface area contributed by atoms with Crippen molar-refractivity contribution in [2.45, 2.75) is 38.8 Å². The summed E-state index contributed by atoms with van der Waals surface area (Å²) in [4.78, 5) is 0. The zero-order valence-electron chi connectivity index (χ0n) is 7.55. The first-order chi connectivity index (χ1) is 5.20. The van der Waals surface area contributed by atoms with Crippen molar-refractivity contribution in [1.29, 1.82) is 0 Å². The minimum absolute atomic E-state index is 0.166. The van der Waals surface area contributed by atoms with Crippen LogP contribution in [0.25, 0.3) is 0 Å². The van der Waals surface area contributed by atoms with Crippen LogP contribution in [-0.4, -0.2) is 25.3 Å². The summed E-state index contributed by atoms with van der Waals surface area (Å²) in [6.07, 6.45) is 1.92. The summed E-state index contributed by atoms with van der Waals surface area (Å²) in [7, 11) is 0. The molecular formula is C8H20N2O. The molecule has 0 bridgehead atoms. The summed E-state index contributed by atoms with van der Waals surface area (Å²) in [6.45, 7) is 5.36. The first-order valence-electron chi connectivity index (χ1n) is 4.29. The lowest BCUT2D eigenvalue weighted by Gasteiger charge is -2.12. The Bertz CT molecular complexity index is 78.2. The second kappa shape index (κ2) is 6.58. The lowest BCUT2D eigenvalue weighted by atomic mass is 10.2. The molecular weight excluding hydrogens is 140 g/mol. The Morgan fingerprint density at radius 2 is 1.36 bits per heavy atom. The lowest BCUT2D eigenvalue weighted by Crippen LogP contribution is -2.30. The highest BCUT2D eigenvalue weighted by Gasteiger charge is 2.01. The highest BCUT2D eigenvalue weighted by molar-refractivity contribution is 4.59. The average molecular weight is 160 g/mol. The standard InChI is InChI=1S/C8H20N2O/c1-3-7(9)5-11-6-8(10)4-2/h7-8H,3-6,9-10H2,1-2H3. The van der Waals surface area contributed by atoms with Crippen molar-refractivity contribution in [1.82, 2.24) is 0 Å². The van der Waals surface area contributed by atoms with Crippen LogP contribution in [0.3, 0.4) is 0 Å². The predicted molar refractivity (Wildman–Crippen MR) is 47.4 cm³/mol. The third-order valence-corrected chi connectivity index (χ3v) is 1.71. The fourth-order valence-electron chi connectivity index (χ4n) is 0.606. The molecule has 0 aliphatic heterocycles. The van der Waals surface area contributed by atoms with E-state index in [9.17, 15) is 0 Å². The molecule has 3 nitrogen and oxygen atoms in total. The van der Waals surface area contributed by atoms with Gasteiger partial charge in [0.2, 0.25) is 0 Å². The Balaban J connectivity index is 3.13. The van der Waals surface area contributed by atoms with Crippen LogP contribution in [0.5, 0.6) is 0 Å². The molecule has 0 amide bonds. The van der Waals surface area contributed by atoms with Crippen molar-refractivity contribution in [3.63, 3.8) is 0 Å². The smallest absolute Gasteiger partial charge is 0.0618 e. The quantitative estimate of drug-likeness (QED) is 0.594. The third-order valence-electron chi connectivity index (χ3n) is 1.71. The fourth-order valence-corrected chi connectivity index (χ4v) is 0.606. The van der Waals surface area contributed by atoms with Crippen molar-refractivity contribution in [3.05, 3.63) is 0 Å². The van der Waals surface area contributed by atoms with Gasteiger partial charge in [-0.05, 0) is 12.8 Å². The molecule has 0 fully saturated rings. The monoisotopic (exact) mass is 160 g/mol. The normalized spacial score (nSPS) is 16.4. The second-order valence-corrected chi connectivity index (χ2v) is 2.87. The van der Waals surface area contributed by atoms with Crippen molar-refractivity contribution in [2.24, 2.45) is 11.5 Å². The lowest BCUT2D eigenvalue weighted by molar-refractivity contribution is 0.107. The van der Waals surface area contributed by atoms with Gasteiger partial charge in [0.1, 0.15) is 0 Å². The first-order valence-corrected chi connectivity index (χ1v) is 4.29. The predicted octanol–water partition coefficient (Wildman–Crippen LogP) is 0.478. The maximum Gasteiger partial charge on any atom is 0.0618 e. The number of hydrogen-bond acceptors (Lipinski definition) is 3. The van der Waals surface area contributed by atoms with E-state index in [0.717, 1.165) is 12.8 Å². The van der Waals surface area contributed by atoms with Gasteiger partial charge in [0.05, 0.1) is 13.2 Å².